The smallest absolute Gasteiger partial charge is 0.303 e. The van der Waals surface area contributed by atoms with Crippen LogP contribution in [0.25, 0.3) is 0 Å². The van der Waals surface area contributed by atoms with Gasteiger partial charge in [-0.1, -0.05) is 68.4 Å². The van der Waals surface area contributed by atoms with Crippen molar-refractivity contribution in [1.82, 2.24) is 0 Å². The Morgan fingerprint density at radius 3 is 2.21 bits per heavy atom. The van der Waals surface area contributed by atoms with Crippen LogP contribution in [0.3, 0.4) is 0 Å². The van der Waals surface area contributed by atoms with Crippen molar-refractivity contribution in [3.8, 4) is 0 Å². The van der Waals surface area contributed by atoms with Crippen LogP contribution in [0.15, 0.2) is 48.6 Å². The molecule has 0 aromatic rings. The van der Waals surface area contributed by atoms with Crippen molar-refractivity contribution in [2.24, 2.45) is 0 Å². The number of aliphatic hydroxyl groups excluding tert-OH is 2. The van der Waals surface area contributed by atoms with Crippen LogP contribution in [0.1, 0.15) is 58.3 Å². The summed E-state index contributed by atoms with van der Waals surface area (Å²) >= 11 is 0. The first-order chi connectivity index (χ1) is 11.6. The Balaban J connectivity index is 3.81. The van der Waals surface area contributed by atoms with E-state index in [1.54, 1.807) is 36.5 Å². The van der Waals surface area contributed by atoms with Crippen molar-refractivity contribution in [1.29, 1.82) is 0 Å². The second-order valence-electron chi connectivity index (χ2n) is 5.78. The Morgan fingerprint density at radius 2 is 1.58 bits per heavy atom. The Hall–Kier alpha value is -1.65. The van der Waals surface area contributed by atoms with E-state index in [-0.39, 0.29) is 6.42 Å². The van der Waals surface area contributed by atoms with Gasteiger partial charge in [-0.15, -0.1) is 0 Å². The third kappa shape index (κ3) is 16.7. The molecule has 0 aromatic carbocycles. The molecule has 0 rings (SSSR count). The van der Waals surface area contributed by atoms with Gasteiger partial charge in [-0.05, 0) is 32.1 Å². The topological polar surface area (TPSA) is 77.8 Å². The van der Waals surface area contributed by atoms with E-state index in [0.717, 1.165) is 6.42 Å². The molecule has 0 spiro atoms. The zero-order chi connectivity index (χ0) is 18.0. The summed E-state index contributed by atoms with van der Waals surface area (Å²) in [6, 6.07) is 0. The summed E-state index contributed by atoms with van der Waals surface area (Å²) in [6.45, 7) is 2.18. The third-order valence-electron chi connectivity index (χ3n) is 3.41. The molecule has 0 aliphatic heterocycles. The molecule has 1 unspecified atom stereocenters. The molecule has 4 nitrogen and oxygen atoms in total. The highest BCUT2D eigenvalue weighted by atomic mass is 16.4. The van der Waals surface area contributed by atoms with E-state index >= 15 is 0 Å². The zero-order valence-electron chi connectivity index (χ0n) is 14.7. The molecule has 0 aliphatic rings. The molecule has 0 aromatic heterocycles. The number of hydrogen-bond donors (Lipinski definition) is 3. The molecule has 0 radical (unpaired) electrons. The number of unbranched alkanes of at least 4 members (excludes halogenated alkanes) is 3. The SMILES string of the molecule is CCCCC/C=C\CC(O)/C=C/C=C/C=C/[C@@H](O)CCCC(=O)O. The van der Waals surface area contributed by atoms with Crippen LogP contribution in [0.2, 0.25) is 0 Å². The van der Waals surface area contributed by atoms with Gasteiger partial charge in [0.05, 0.1) is 12.2 Å². The number of allylic oxidation sites excluding steroid dienone is 5. The molecule has 2 atom stereocenters. The quantitative estimate of drug-likeness (QED) is 0.253. The number of rotatable bonds is 14. The van der Waals surface area contributed by atoms with Crippen molar-refractivity contribution in [3.05, 3.63) is 48.6 Å². The van der Waals surface area contributed by atoms with E-state index in [1.807, 2.05) is 6.08 Å². The molecule has 0 saturated carbocycles. The fourth-order valence-corrected chi connectivity index (χ4v) is 2.02. The minimum atomic E-state index is -0.842. The lowest BCUT2D eigenvalue weighted by atomic mass is 10.1. The average Bonchev–Trinajstić information content (AvgIpc) is 2.53. The lowest BCUT2D eigenvalue weighted by Crippen LogP contribution is -2.03. The zero-order valence-corrected chi connectivity index (χ0v) is 14.7. The largest absolute Gasteiger partial charge is 0.481 e. The molecule has 0 amide bonds. The van der Waals surface area contributed by atoms with Crippen LogP contribution in [0, 0.1) is 0 Å². The number of hydrogen-bond acceptors (Lipinski definition) is 3. The summed E-state index contributed by atoms with van der Waals surface area (Å²) in [5.41, 5.74) is 0. The van der Waals surface area contributed by atoms with Gasteiger partial charge >= 0.3 is 5.97 Å². The van der Waals surface area contributed by atoms with Gasteiger partial charge < -0.3 is 15.3 Å². The molecule has 24 heavy (non-hydrogen) atoms. The van der Waals surface area contributed by atoms with E-state index in [9.17, 15) is 15.0 Å². The molecule has 3 N–H and O–H groups in total. The van der Waals surface area contributed by atoms with Crippen molar-refractivity contribution in [2.75, 3.05) is 0 Å². The van der Waals surface area contributed by atoms with Crippen molar-refractivity contribution < 1.29 is 20.1 Å². The van der Waals surface area contributed by atoms with Gasteiger partial charge in [0.25, 0.3) is 0 Å². The van der Waals surface area contributed by atoms with Crippen molar-refractivity contribution in [3.63, 3.8) is 0 Å². The number of carbonyl (C=O) groups is 1. The summed E-state index contributed by atoms with van der Waals surface area (Å²) in [6.07, 6.45) is 19.8. The fourth-order valence-electron chi connectivity index (χ4n) is 2.02. The second-order valence-corrected chi connectivity index (χ2v) is 5.78. The van der Waals surface area contributed by atoms with E-state index in [1.165, 1.54) is 19.3 Å². The van der Waals surface area contributed by atoms with Gasteiger partial charge in [0.15, 0.2) is 0 Å². The first kappa shape index (κ1) is 22.4. The first-order valence-electron chi connectivity index (χ1n) is 8.80. The average molecular weight is 336 g/mol. The summed E-state index contributed by atoms with van der Waals surface area (Å²) in [5.74, 6) is -0.842. The molecule has 0 saturated heterocycles. The highest BCUT2D eigenvalue weighted by Crippen LogP contribution is 2.03. The van der Waals surface area contributed by atoms with Gasteiger partial charge in [0.1, 0.15) is 0 Å². The van der Waals surface area contributed by atoms with Crippen LogP contribution in [-0.4, -0.2) is 33.5 Å². The molecule has 0 fully saturated rings. The van der Waals surface area contributed by atoms with Crippen LogP contribution in [0.4, 0.5) is 0 Å². The molecule has 136 valence electrons. The molecule has 4 heteroatoms. The highest BCUT2D eigenvalue weighted by Gasteiger charge is 2.01. The van der Waals surface area contributed by atoms with Gasteiger partial charge in [-0.25, -0.2) is 0 Å². The highest BCUT2D eigenvalue weighted by molar-refractivity contribution is 5.66. The summed E-state index contributed by atoms with van der Waals surface area (Å²) in [7, 11) is 0. The first-order valence-corrected chi connectivity index (χ1v) is 8.80. The fraction of sp³-hybridized carbons (Fsp3) is 0.550. The van der Waals surface area contributed by atoms with Crippen LogP contribution in [-0.2, 0) is 4.79 Å². The molecule has 0 bridgehead atoms. The molecular formula is C20H32O4. The Bertz CT molecular complexity index is 421. The van der Waals surface area contributed by atoms with Crippen LogP contribution < -0.4 is 0 Å². The normalized spacial score (nSPS) is 15.1. The Morgan fingerprint density at radius 1 is 0.917 bits per heavy atom. The lowest BCUT2D eigenvalue weighted by molar-refractivity contribution is -0.137. The van der Waals surface area contributed by atoms with Crippen LogP contribution in [0.5, 0.6) is 0 Å². The molecular weight excluding hydrogens is 304 g/mol. The van der Waals surface area contributed by atoms with Crippen molar-refractivity contribution in [2.45, 2.75) is 70.5 Å². The molecule has 0 aliphatic carbocycles. The number of aliphatic hydroxyl groups is 2. The monoisotopic (exact) mass is 336 g/mol. The van der Waals surface area contributed by atoms with Gasteiger partial charge in [-0.3, -0.25) is 4.79 Å². The Kier molecular flexibility index (Phi) is 15.1. The maximum atomic E-state index is 10.3. The summed E-state index contributed by atoms with van der Waals surface area (Å²) < 4.78 is 0. The molecule has 0 heterocycles. The Labute approximate surface area is 145 Å². The van der Waals surface area contributed by atoms with Crippen molar-refractivity contribution >= 4 is 5.97 Å². The van der Waals surface area contributed by atoms with E-state index in [0.29, 0.717) is 19.3 Å². The third-order valence-corrected chi connectivity index (χ3v) is 3.41. The standard InChI is InChI=1S/C20H32O4/c1-2-3-4-5-6-9-13-18(21)14-10-7-8-11-15-19(22)16-12-17-20(23)24/h6-11,14-15,18-19,21-22H,2-5,12-13,16-17H2,1H3,(H,23,24)/b8-7+,9-6-,14-10+,15-11+/t18?,19-/m1/s1. The number of carboxylic acids is 1. The van der Waals surface area contributed by atoms with E-state index in [4.69, 9.17) is 5.11 Å². The minimum absolute atomic E-state index is 0.0778. The summed E-state index contributed by atoms with van der Waals surface area (Å²) in [4.78, 5) is 10.3. The lowest BCUT2D eigenvalue weighted by Gasteiger charge is -2.02. The maximum absolute atomic E-state index is 10.3. The van der Waals surface area contributed by atoms with Gasteiger partial charge in [-0.2, -0.15) is 0 Å². The predicted molar refractivity (Wildman–Crippen MR) is 98.8 cm³/mol. The van der Waals surface area contributed by atoms with Gasteiger partial charge in [0, 0.05) is 6.42 Å². The number of aliphatic carboxylic acids is 1. The minimum Gasteiger partial charge on any atom is -0.481 e. The van der Waals surface area contributed by atoms with Crippen LogP contribution >= 0.6 is 0 Å². The van der Waals surface area contributed by atoms with E-state index in [2.05, 4.69) is 13.0 Å². The number of carboxylic acid groups (broad SMARTS) is 1. The summed E-state index contributed by atoms with van der Waals surface area (Å²) in [5, 5.41) is 27.9. The second kappa shape index (κ2) is 16.2. The predicted octanol–water partition coefficient (Wildman–Crippen LogP) is 4.16. The van der Waals surface area contributed by atoms with Gasteiger partial charge in [0.2, 0.25) is 0 Å². The maximum Gasteiger partial charge on any atom is 0.303 e. The van der Waals surface area contributed by atoms with E-state index < -0.39 is 18.2 Å².